The normalized spacial score (nSPS) is 12.7. The van der Waals surface area contributed by atoms with Gasteiger partial charge in [-0.1, -0.05) is 55.2 Å². The highest BCUT2D eigenvalue weighted by molar-refractivity contribution is 7.92. The maximum Gasteiger partial charge on any atom is 0.261 e. The van der Waals surface area contributed by atoms with E-state index in [1.807, 2.05) is 18.2 Å². The minimum atomic E-state index is -3.68. The lowest BCUT2D eigenvalue weighted by molar-refractivity contribution is 0.601. The lowest BCUT2D eigenvalue weighted by atomic mass is 9.99. The summed E-state index contributed by atoms with van der Waals surface area (Å²) in [5.74, 6) is 0.391. The number of rotatable bonds is 7. The fourth-order valence-electron chi connectivity index (χ4n) is 2.75. The number of hydrogen-bond acceptors (Lipinski definition) is 3. The SMILES string of the molecule is CCC(C)c1ccc(S(=O)(=O)Nc2cnn(Cc3ccc(Cl)cc3Cl)c2)cc1. The van der Waals surface area contributed by atoms with Crippen molar-refractivity contribution in [2.24, 2.45) is 0 Å². The van der Waals surface area contributed by atoms with E-state index in [9.17, 15) is 8.42 Å². The Bertz CT molecular complexity index is 1060. The van der Waals surface area contributed by atoms with E-state index in [-0.39, 0.29) is 4.90 Å². The molecule has 0 aliphatic rings. The zero-order chi connectivity index (χ0) is 20.3. The third-order valence-electron chi connectivity index (χ3n) is 4.60. The minimum Gasteiger partial charge on any atom is -0.276 e. The summed E-state index contributed by atoms with van der Waals surface area (Å²) in [6.07, 6.45) is 4.09. The first-order valence-electron chi connectivity index (χ1n) is 8.87. The third kappa shape index (κ3) is 4.87. The largest absolute Gasteiger partial charge is 0.276 e. The summed E-state index contributed by atoms with van der Waals surface area (Å²) >= 11 is 12.1. The van der Waals surface area contributed by atoms with Gasteiger partial charge in [0, 0.05) is 16.2 Å². The van der Waals surface area contributed by atoms with Crippen LogP contribution in [0, 0.1) is 0 Å². The van der Waals surface area contributed by atoms with E-state index in [2.05, 4.69) is 23.7 Å². The maximum absolute atomic E-state index is 12.6. The Balaban J connectivity index is 1.73. The van der Waals surface area contributed by atoms with Crippen LogP contribution >= 0.6 is 23.2 Å². The van der Waals surface area contributed by atoms with E-state index in [0.717, 1.165) is 17.5 Å². The van der Waals surface area contributed by atoms with Crippen LogP contribution < -0.4 is 4.72 Å². The Morgan fingerprint density at radius 3 is 2.50 bits per heavy atom. The second-order valence-electron chi connectivity index (χ2n) is 6.65. The predicted molar refractivity (Wildman–Crippen MR) is 114 cm³/mol. The molecule has 2 aromatic carbocycles. The van der Waals surface area contributed by atoms with Crippen molar-refractivity contribution in [1.82, 2.24) is 9.78 Å². The van der Waals surface area contributed by atoms with Crippen LogP contribution in [-0.4, -0.2) is 18.2 Å². The molecule has 1 unspecified atom stereocenters. The standard InChI is InChI=1S/C20H21Cl2N3O2S/c1-3-14(2)15-5-8-19(9-6-15)28(26,27)24-18-11-23-25(13-18)12-16-4-7-17(21)10-20(16)22/h4-11,13-14,24H,3,12H2,1-2H3. The van der Waals surface area contributed by atoms with Gasteiger partial charge in [-0.25, -0.2) is 8.42 Å². The molecule has 1 heterocycles. The number of sulfonamides is 1. The van der Waals surface area contributed by atoms with Gasteiger partial charge in [-0.05, 0) is 47.7 Å². The molecule has 148 valence electrons. The topological polar surface area (TPSA) is 64.0 Å². The summed E-state index contributed by atoms with van der Waals surface area (Å²) in [6, 6.07) is 12.2. The van der Waals surface area contributed by atoms with Gasteiger partial charge in [-0.15, -0.1) is 0 Å². The van der Waals surface area contributed by atoms with Crippen LogP contribution in [-0.2, 0) is 16.6 Å². The highest BCUT2D eigenvalue weighted by atomic mass is 35.5. The molecule has 0 aliphatic carbocycles. The van der Waals surface area contributed by atoms with E-state index >= 15 is 0 Å². The minimum absolute atomic E-state index is 0.216. The number of nitrogens with zero attached hydrogens (tertiary/aromatic N) is 2. The Hall–Kier alpha value is -2.02. The van der Waals surface area contributed by atoms with Crippen LogP contribution in [0.1, 0.15) is 37.3 Å². The average molecular weight is 438 g/mol. The zero-order valence-electron chi connectivity index (χ0n) is 15.6. The highest BCUT2D eigenvalue weighted by Gasteiger charge is 2.16. The molecule has 3 aromatic rings. The Morgan fingerprint density at radius 1 is 1.14 bits per heavy atom. The molecule has 5 nitrogen and oxygen atoms in total. The van der Waals surface area contributed by atoms with Crippen LogP contribution in [0.25, 0.3) is 0 Å². The fourth-order valence-corrected chi connectivity index (χ4v) is 4.25. The van der Waals surface area contributed by atoms with Crippen molar-refractivity contribution in [3.63, 3.8) is 0 Å². The van der Waals surface area contributed by atoms with Crippen molar-refractivity contribution in [3.8, 4) is 0 Å². The summed E-state index contributed by atoms with van der Waals surface area (Å²) in [5.41, 5.74) is 2.34. The van der Waals surface area contributed by atoms with Crippen LogP contribution in [0.4, 0.5) is 5.69 Å². The van der Waals surface area contributed by atoms with Crippen molar-refractivity contribution in [3.05, 3.63) is 76.0 Å². The van der Waals surface area contributed by atoms with Crippen molar-refractivity contribution >= 4 is 38.9 Å². The number of benzene rings is 2. The van der Waals surface area contributed by atoms with E-state index in [1.165, 1.54) is 6.20 Å². The second kappa shape index (κ2) is 8.55. The zero-order valence-corrected chi connectivity index (χ0v) is 17.9. The summed E-state index contributed by atoms with van der Waals surface area (Å²) in [5, 5.41) is 5.29. The number of hydrogen-bond donors (Lipinski definition) is 1. The van der Waals surface area contributed by atoms with Gasteiger partial charge in [0.25, 0.3) is 10.0 Å². The van der Waals surface area contributed by atoms with Gasteiger partial charge < -0.3 is 0 Å². The van der Waals surface area contributed by atoms with Crippen molar-refractivity contribution in [1.29, 1.82) is 0 Å². The molecule has 1 aromatic heterocycles. The first-order valence-corrected chi connectivity index (χ1v) is 11.1. The average Bonchev–Trinajstić information content (AvgIpc) is 3.09. The fraction of sp³-hybridized carbons (Fsp3) is 0.250. The van der Waals surface area contributed by atoms with Gasteiger partial charge >= 0.3 is 0 Å². The molecule has 8 heteroatoms. The maximum atomic E-state index is 12.6. The molecular formula is C20H21Cl2N3O2S. The summed E-state index contributed by atoms with van der Waals surface area (Å²) in [4.78, 5) is 0.216. The Labute approximate surface area is 175 Å². The molecule has 0 bridgehead atoms. The molecule has 0 aliphatic heterocycles. The van der Waals surface area contributed by atoms with E-state index in [1.54, 1.807) is 35.1 Å². The van der Waals surface area contributed by atoms with Gasteiger partial charge in [-0.3, -0.25) is 9.40 Å². The van der Waals surface area contributed by atoms with Crippen LogP contribution in [0.3, 0.4) is 0 Å². The molecule has 0 radical (unpaired) electrons. The lowest BCUT2D eigenvalue weighted by Crippen LogP contribution is -2.12. The van der Waals surface area contributed by atoms with Crippen molar-refractivity contribution < 1.29 is 8.42 Å². The molecule has 0 saturated heterocycles. The third-order valence-corrected chi connectivity index (χ3v) is 6.59. The smallest absolute Gasteiger partial charge is 0.261 e. The lowest BCUT2D eigenvalue weighted by Gasteiger charge is -2.10. The van der Waals surface area contributed by atoms with E-state index in [0.29, 0.717) is 28.2 Å². The number of anilines is 1. The van der Waals surface area contributed by atoms with Gasteiger partial charge in [0.1, 0.15) is 0 Å². The summed E-state index contributed by atoms with van der Waals surface area (Å²) in [7, 11) is -3.68. The van der Waals surface area contributed by atoms with Crippen LogP contribution in [0.5, 0.6) is 0 Å². The number of aromatic nitrogens is 2. The highest BCUT2D eigenvalue weighted by Crippen LogP contribution is 2.23. The predicted octanol–water partition coefficient (Wildman–Crippen LogP) is 5.55. The second-order valence-corrected chi connectivity index (χ2v) is 9.17. The molecule has 3 rings (SSSR count). The molecule has 1 N–H and O–H groups in total. The molecular weight excluding hydrogens is 417 g/mol. The van der Waals surface area contributed by atoms with Gasteiger partial charge in [-0.2, -0.15) is 5.10 Å². The molecule has 0 amide bonds. The van der Waals surface area contributed by atoms with Gasteiger partial charge in [0.05, 0.1) is 23.3 Å². The monoisotopic (exact) mass is 437 g/mol. The van der Waals surface area contributed by atoms with E-state index in [4.69, 9.17) is 23.2 Å². The number of nitrogens with one attached hydrogen (secondary N) is 1. The van der Waals surface area contributed by atoms with Crippen LogP contribution in [0.2, 0.25) is 10.0 Å². The van der Waals surface area contributed by atoms with Gasteiger partial charge in [0.15, 0.2) is 0 Å². The molecule has 28 heavy (non-hydrogen) atoms. The van der Waals surface area contributed by atoms with E-state index < -0.39 is 10.0 Å². The first-order chi connectivity index (χ1) is 13.3. The molecule has 1 atom stereocenters. The molecule has 0 saturated carbocycles. The first kappa shape index (κ1) is 20.7. The summed E-state index contributed by atoms with van der Waals surface area (Å²) in [6.45, 7) is 4.62. The number of halogens is 2. The molecule has 0 fully saturated rings. The van der Waals surface area contributed by atoms with Crippen LogP contribution in [0.15, 0.2) is 59.8 Å². The Morgan fingerprint density at radius 2 is 1.86 bits per heavy atom. The summed E-state index contributed by atoms with van der Waals surface area (Å²) < 4.78 is 29.4. The molecule has 0 spiro atoms. The van der Waals surface area contributed by atoms with Crippen molar-refractivity contribution in [2.45, 2.75) is 37.6 Å². The Kier molecular flexibility index (Phi) is 6.33. The van der Waals surface area contributed by atoms with Crippen molar-refractivity contribution in [2.75, 3.05) is 4.72 Å². The van der Waals surface area contributed by atoms with Gasteiger partial charge in [0.2, 0.25) is 0 Å². The quantitative estimate of drug-likeness (QED) is 0.526.